The van der Waals surface area contributed by atoms with E-state index >= 15 is 0 Å². The van der Waals surface area contributed by atoms with Crippen LogP contribution in [0.1, 0.15) is 5.69 Å². The molecule has 2 nitrogen and oxygen atoms in total. The highest BCUT2D eigenvalue weighted by molar-refractivity contribution is 6.21. The minimum Gasteiger partial charge on any atom is -0.262 e. The average molecular weight is 549 g/mol. The van der Waals surface area contributed by atoms with Crippen molar-refractivity contribution in [3.05, 3.63) is 157 Å². The van der Waals surface area contributed by atoms with Crippen LogP contribution >= 0.6 is 0 Å². The first kappa shape index (κ1) is 25.1. The van der Waals surface area contributed by atoms with E-state index in [9.17, 15) is 0 Å². The van der Waals surface area contributed by atoms with Gasteiger partial charge in [0, 0.05) is 23.0 Å². The van der Waals surface area contributed by atoms with Gasteiger partial charge < -0.3 is 0 Å². The first-order valence-electron chi connectivity index (χ1n) is 14.7. The summed E-state index contributed by atoms with van der Waals surface area (Å²) in [7, 11) is 0. The molecule has 0 aliphatic rings. The molecule has 8 rings (SSSR count). The molecule has 0 amide bonds. The fourth-order valence-corrected chi connectivity index (χ4v) is 6.38. The minimum absolute atomic E-state index is 0.952. The zero-order chi connectivity index (χ0) is 28.8. The molecular formula is C41H28N2. The summed E-state index contributed by atoms with van der Waals surface area (Å²) >= 11 is 0. The number of hydrogen-bond acceptors (Lipinski definition) is 2. The summed E-state index contributed by atoms with van der Waals surface area (Å²) in [6.07, 6.45) is 1.84. The Morgan fingerprint density at radius 2 is 0.930 bits per heavy atom. The molecule has 2 heteroatoms. The van der Waals surface area contributed by atoms with Gasteiger partial charge in [-0.1, -0.05) is 109 Å². The molecule has 0 spiro atoms. The van der Waals surface area contributed by atoms with Gasteiger partial charge >= 0.3 is 0 Å². The highest BCUT2D eigenvalue weighted by Crippen LogP contribution is 2.44. The van der Waals surface area contributed by atoms with Gasteiger partial charge in [0.2, 0.25) is 0 Å². The van der Waals surface area contributed by atoms with Gasteiger partial charge in [-0.2, -0.15) is 0 Å². The number of aryl methyl sites for hydroxylation is 1. The van der Waals surface area contributed by atoms with E-state index in [1.807, 2.05) is 19.2 Å². The molecule has 202 valence electrons. The van der Waals surface area contributed by atoms with Crippen molar-refractivity contribution in [2.45, 2.75) is 6.92 Å². The topological polar surface area (TPSA) is 25.8 Å². The third-order valence-electron chi connectivity index (χ3n) is 8.36. The monoisotopic (exact) mass is 548 g/mol. The summed E-state index contributed by atoms with van der Waals surface area (Å²) < 4.78 is 0. The van der Waals surface area contributed by atoms with Gasteiger partial charge in [0.1, 0.15) is 0 Å². The molecule has 0 aliphatic carbocycles. The van der Waals surface area contributed by atoms with Gasteiger partial charge in [-0.15, -0.1) is 0 Å². The van der Waals surface area contributed by atoms with Crippen LogP contribution in [0, 0.1) is 6.92 Å². The summed E-state index contributed by atoms with van der Waals surface area (Å²) in [6.45, 7) is 2.01. The van der Waals surface area contributed by atoms with E-state index in [2.05, 4.69) is 145 Å². The van der Waals surface area contributed by atoms with Crippen molar-refractivity contribution >= 4 is 32.3 Å². The maximum absolute atomic E-state index is 5.03. The van der Waals surface area contributed by atoms with E-state index in [1.54, 1.807) is 0 Å². The van der Waals surface area contributed by atoms with Crippen LogP contribution in [-0.2, 0) is 0 Å². The first-order chi connectivity index (χ1) is 21.2. The molecule has 43 heavy (non-hydrogen) atoms. The van der Waals surface area contributed by atoms with E-state index in [-0.39, 0.29) is 0 Å². The Labute approximate surface area is 251 Å². The SMILES string of the molecule is Cc1cc(-c2cccc(-c3ccc4ccc(-c5c6ccccc6c(-c6ccccc6)c6ccccc56)cc4c3)n2)ccn1. The van der Waals surface area contributed by atoms with Gasteiger partial charge in [-0.05, 0) is 97.9 Å². The molecule has 0 saturated carbocycles. The zero-order valence-corrected chi connectivity index (χ0v) is 23.8. The number of pyridine rings is 2. The Balaban J connectivity index is 1.31. The number of fused-ring (bicyclic) bond motifs is 3. The fraction of sp³-hybridized carbons (Fsp3) is 0.0244. The predicted molar refractivity (Wildman–Crippen MR) is 181 cm³/mol. The molecule has 0 bridgehead atoms. The summed E-state index contributed by atoms with van der Waals surface area (Å²) in [5.74, 6) is 0. The smallest absolute Gasteiger partial charge is 0.0710 e. The lowest BCUT2D eigenvalue weighted by Gasteiger charge is -2.18. The molecule has 0 N–H and O–H groups in total. The van der Waals surface area contributed by atoms with E-state index in [1.165, 1.54) is 54.6 Å². The number of aromatic nitrogens is 2. The Kier molecular flexibility index (Phi) is 6.05. The molecule has 0 radical (unpaired) electrons. The van der Waals surface area contributed by atoms with Crippen LogP contribution in [0.3, 0.4) is 0 Å². The Morgan fingerprint density at radius 3 is 1.56 bits per heavy atom. The molecule has 0 saturated heterocycles. The first-order valence-corrected chi connectivity index (χ1v) is 14.7. The molecule has 0 unspecified atom stereocenters. The number of hydrogen-bond donors (Lipinski definition) is 0. The summed E-state index contributed by atoms with van der Waals surface area (Å²) in [5.41, 5.74) is 10.1. The van der Waals surface area contributed by atoms with Gasteiger partial charge in [0.05, 0.1) is 11.4 Å². The second-order valence-corrected chi connectivity index (χ2v) is 11.1. The second kappa shape index (κ2) is 10.3. The van der Waals surface area contributed by atoms with Crippen molar-refractivity contribution in [1.29, 1.82) is 0 Å². The van der Waals surface area contributed by atoms with Gasteiger partial charge in [0.25, 0.3) is 0 Å². The largest absolute Gasteiger partial charge is 0.262 e. The lowest BCUT2D eigenvalue weighted by Crippen LogP contribution is -1.91. The van der Waals surface area contributed by atoms with Crippen molar-refractivity contribution < 1.29 is 0 Å². The normalized spacial score (nSPS) is 11.4. The third kappa shape index (κ3) is 4.45. The molecule has 2 heterocycles. The average Bonchev–Trinajstić information content (AvgIpc) is 3.07. The van der Waals surface area contributed by atoms with Crippen LogP contribution in [-0.4, -0.2) is 9.97 Å². The molecule has 0 atom stereocenters. The van der Waals surface area contributed by atoms with Crippen molar-refractivity contribution in [2.24, 2.45) is 0 Å². The summed E-state index contributed by atoms with van der Waals surface area (Å²) in [6, 6.07) is 52.2. The molecule has 0 fully saturated rings. The maximum atomic E-state index is 5.03. The lowest BCUT2D eigenvalue weighted by molar-refractivity contribution is 1.19. The summed E-state index contributed by atoms with van der Waals surface area (Å²) in [4.78, 5) is 9.38. The highest BCUT2D eigenvalue weighted by Gasteiger charge is 2.16. The molecular weight excluding hydrogens is 520 g/mol. The van der Waals surface area contributed by atoms with Crippen LogP contribution in [0.2, 0.25) is 0 Å². The Bertz CT molecular complexity index is 2240. The van der Waals surface area contributed by atoms with E-state index in [4.69, 9.17) is 4.98 Å². The predicted octanol–water partition coefficient (Wildman–Crippen LogP) is 10.9. The van der Waals surface area contributed by atoms with E-state index in [0.29, 0.717) is 0 Å². The fourth-order valence-electron chi connectivity index (χ4n) is 6.38. The minimum atomic E-state index is 0.952. The maximum Gasteiger partial charge on any atom is 0.0710 e. The van der Waals surface area contributed by atoms with E-state index < -0.39 is 0 Å². The van der Waals surface area contributed by atoms with Crippen LogP contribution in [0.4, 0.5) is 0 Å². The molecule has 8 aromatic rings. The van der Waals surface area contributed by atoms with Crippen molar-refractivity contribution in [2.75, 3.05) is 0 Å². The van der Waals surface area contributed by atoms with Crippen LogP contribution in [0.25, 0.3) is 77.1 Å². The number of nitrogens with zero attached hydrogens (tertiary/aromatic N) is 2. The molecule has 2 aromatic heterocycles. The third-order valence-corrected chi connectivity index (χ3v) is 8.36. The molecule has 0 aliphatic heterocycles. The standard InChI is InChI=1S/C41H28N2/c1-27-24-31(22-23-42-27)39-17-9-16-38(43-39)30-20-18-28-19-21-32(26-33(28)25-30)41-36-14-7-5-12-34(36)40(29-10-3-2-4-11-29)35-13-6-8-15-37(35)41/h2-26H,1H3. The number of rotatable bonds is 4. The Morgan fingerprint density at radius 1 is 0.395 bits per heavy atom. The van der Waals surface area contributed by atoms with Crippen molar-refractivity contribution in [1.82, 2.24) is 9.97 Å². The van der Waals surface area contributed by atoms with Crippen molar-refractivity contribution in [3.8, 4) is 44.8 Å². The van der Waals surface area contributed by atoms with Crippen LogP contribution in [0.5, 0.6) is 0 Å². The highest BCUT2D eigenvalue weighted by atomic mass is 14.7. The van der Waals surface area contributed by atoms with E-state index in [0.717, 1.165) is 28.2 Å². The molecule has 6 aromatic carbocycles. The van der Waals surface area contributed by atoms with Crippen LogP contribution in [0.15, 0.2) is 152 Å². The lowest BCUT2D eigenvalue weighted by atomic mass is 9.85. The van der Waals surface area contributed by atoms with Crippen LogP contribution < -0.4 is 0 Å². The quantitative estimate of drug-likeness (QED) is 0.204. The Hall–Kier alpha value is -5.60. The number of benzene rings is 6. The zero-order valence-electron chi connectivity index (χ0n) is 23.8. The summed E-state index contributed by atoms with van der Waals surface area (Å²) in [5, 5.41) is 7.47. The van der Waals surface area contributed by atoms with Gasteiger partial charge in [-0.25, -0.2) is 4.98 Å². The van der Waals surface area contributed by atoms with Crippen molar-refractivity contribution in [3.63, 3.8) is 0 Å². The van der Waals surface area contributed by atoms with Gasteiger partial charge in [0.15, 0.2) is 0 Å². The van der Waals surface area contributed by atoms with Gasteiger partial charge in [-0.3, -0.25) is 4.98 Å². The second-order valence-electron chi connectivity index (χ2n) is 11.1.